The molecule has 2 saturated heterocycles. The van der Waals surface area contributed by atoms with Gasteiger partial charge in [-0.2, -0.15) is 0 Å². The number of hydrogen-bond acceptors (Lipinski definition) is 4. The van der Waals surface area contributed by atoms with Crippen molar-refractivity contribution in [1.29, 1.82) is 0 Å². The number of fused-ring (bicyclic) bond motifs is 1. The summed E-state index contributed by atoms with van der Waals surface area (Å²) in [5.41, 5.74) is 1.84. The molecular weight excluding hydrogens is 404 g/mol. The minimum absolute atomic E-state index is 0.0903. The molecule has 2 atom stereocenters. The first-order chi connectivity index (χ1) is 12.9. The zero-order valence-corrected chi connectivity index (χ0v) is 17.1. The van der Waals surface area contributed by atoms with Crippen molar-refractivity contribution in [2.75, 3.05) is 23.5 Å². The van der Waals surface area contributed by atoms with Crippen LogP contribution in [0.4, 0.5) is 5.69 Å². The highest BCUT2D eigenvalue weighted by Gasteiger charge is 2.52. The smallest absolute Gasteiger partial charge is 0.177 e. The summed E-state index contributed by atoms with van der Waals surface area (Å²) in [5, 5.41) is 1.29. The monoisotopic (exact) mass is 422 g/mol. The number of ether oxygens (including phenoxy) is 1. The van der Waals surface area contributed by atoms with Crippen molar-refractivity contribution in [3.05, 3.63) is 59.1 Å². The van der Waals surface area contributed by atoms with Crippen LogP contribution >= 0.6 is 23.8 Å². The molecule has 2 aliphatic heterocycles. The maximum Gasteiger partial charge on any atom is 0.177 e. The summed E-state index contributed by atoms with van der Waals surface area (Å²) in [6.45, 7) is 0.540. The van der Waals surface area contributed by atoms with E-state index in [9.17, 15) is 8.42 Å². The molecule has 0 aliphatic carbocycles. The van der Waals surface area contributed by atoms with E-state index < -0.39 is 9.84 Å². The van der Waals surface area contributed by atoms with Crippen LogP contribution in [-0.4, -0.2) is 49.1 Å². The first-order valence-electron chi connectivity index (χ1n) is 8.57. The van der Waals surface area contributed by atoms with Crippen LogP contribution in [0.5, 0.6) is 5.75 Å². The molecule has 0 unspecified atom stereocenters. The number of rotatable bonds is 4. The highest BCUT2D eigenvalue weighted by molar-refractivity contribution is 7.91. The summed E-state index contributed by atoms with van der Waals surface area (Å²) in [5.74, 6) is 0.876. The van der Waals surface area contributed by atoms with Crippen LogP contribution in [0.2, 0.25) is 5.02 Å². The lowest BCUT2D eigenvalue weighted by atomic mass is 10.1. The van der Waals surface area contributed by atoms with Crippen LogP contribution in [0.25, 0.3) is 0 Å². The highest BCUT2D eigenvalue weighted by atomic mass is 35.5. The maximum absolute atomic E-state index is 12.4. The predicted molar refractivity (Wildman–Crippen MR) is 111 cm³/mol. The molecular formula is C19H19ClN2O3S2. The Balaban J connectivity index is 1.73. The molecule has 2 aromatic carbocycles. The number of sulfone groups is 1. The van der Waals surface area contributed by atoms with Crippen molar-refractivity contribution >= 4 is 44.5 Å². The molecule has 8 heteroatoms. The summed E-state index contributed by atoms with van der Waals surface area (Å²) in [6.07, 6.45) is 0. The molecule has 0 amide bonds. The molecule has 0 N–H and O–H groups in total. The van der Waals surface area contributed by atoms with Crippen molar-refractivity contribution in [3.63, 3.8) is 0 Å². The van der Waals surface area contributed by atoms with E-state index in [0.29, 0.717) is 22.4 Å². The molecule has 2 heterocycles. The third kappa shape index (κ3) is 3.39. The molecule has 0 spiro atoms. The van der Waals surface area contributed by atoms with Crippen molar-refractivity contribution in [2.24, 2.45) is 0 Å². The molecule has 142 valence electrons. The molecule has 5 nitrogen and oxygen atoms in total. The van der Waals surface area contributed by atoms with Gasteiger partial charge in [-0.05, 0) is 42.0 Å². The van der Waals surface area contributed by atoms with Gasteiger partial charge in [0.25, 0.3) is 0 Å². The Labute approximate surface area is 169 Å². The minimum atomic E-state index is -3.13. The fraction of sp³-hybridized carbons (Fsp3) is 0.316. The van der Waals surface area contributed by atoms with Gasteiger partial charge in [-0.1, -0.05) is 35.9 Å². The standard InChI is InChI=1S/C19H19ClN2O3S2/c1-25-18-5-3-2-4-15(18)22-17-12-27(23,24)11-16(17)21(19(22)26)10-13-6-8-14(20)9-7-13/h2-9,16-17H,10-12H2,1H3/t16-,17-/m1/s1. The van der Waals surface area contributed by atoms with E-state index in [1.54, 1.807) is 7.11 Å². The fourth-order valence-corrected chi connectivity index (χ4v) is 6.37. The molecule has 2 fully saturated rings. The largest absolute Gasteiger partial charge is 0.495 e. The van der Waals surface area contributed by atoms with Crippen molar-refractivity contribution < 1.29 is 13.2 Å². The highest BCUT2D eigenvalue weighted by Crippen LogP contribution is 2.39. The van der Waals surface area contributed by atoms with Crippen LogP contribution < -0.4 is 9.64 Å². The normalized spacial score (nSPS) is 23.6. The number of methoxy groups -OCH3 is 1. The summed E-state index contributed by atoms with van der Waals surface area (Å²) in [4.78, 5) is 3.96. The first-order valence-corrected chi connectivity index (χ1v) is 11.2. The van der Waals surface area contributed by atoms with Crippen molar-refractivity contribution in [2.45, 2.75) is 18.6 Å². The molecule has 0 saturated carbocycles. The Bertz CT molecular complexity index is 979. The fourth-order valence-electron chi connectivity index (χ4n) is 3.86. The second kappa shape index (κ2) is 6.96. The second-order valence-corrected chi connectivity index (χ2v) is 9.75. The number of para-hydroxylation sites is 2. The van der Waals surface area contributed by atoms with Crippen LogP contribution in [0.15, 0.2) is 48.5 Å². The summed E-state index contributed by atoms with van der Waals surface area (Å²) in [6, 6.07) is 14.7. The summed E-state index contributed by atoms with van der Waals surface area (Å²) < 4.78 is 30.2. The zero-order chi connectivity index (χ0) is 19.2. The zero-order valence-electron chi connectivity index (χ0n) is 14.7. The van der Waals surface area contributed by atoms with Gasteiger partial charge in [-0.3, -0.25) is 0 Å². The number of anilines is 1. The number of thiocarbonyl (C=S) groups is 1. The molecule has 27 heavy (non-hydrogen) atoms. The average Bonchev–Trinajstić information content (AvgIpc) is 3.07. The van der Waals surface area contributed by atoms with Crippen LogP contribution in [0.3, 0.4) is 0 Å². The first kappa shape index (κ1) is 18.5. The SMILES string of the molecule is COc1ccccc1N1C(=S)N(Cc2ccc(Cl)cc2)[C@@H]2CS(=O)(=O)C[C@H]21. The van der Waals surface area contributed by atoms with Gasteiger partial charge in [0.1, 0.15) is 5.75 Å². The number of hydrogen-bond donors (Lipinski definition) is 0. The lowest BCUT2D eigenvalue weighted by Gasteiger charge is -2.26. The quantitative estimate of drug-likeness (QED) is 0.705. The van der Waals surface area contributed by atoms with Crippen LogP contribution in [0.1, 0.15) is 5.56 Å². The molecule has 0 bridgehead atoms. The van der Waals surface area contributed by atoms with Crippen molar-refractivity contribution in [3.8, 4) is 5.75 Å². The third-order valence-electron chi connectivity index (χ3n) is 5.09. The predicted octanol–water partition coefficient (Wildman–Crippen LogP) is 3.12. The number of nitrogens with zero attached hydrogens (tertiary/aromatic N) is 2. The summed E-state index contributed by atoms with van der Waals surface area (Å²) >= 11 is 11.8. The van der Waals surface area contributed by atoms with E-state index >= 15 is 0 Å². The van der Waals surface area contributed by atoms with Gasteiger partial charge >= 0.3 is 0 Å². The van der Waals surface area contributed by atoms with E-state index in [4.69, 9.17) is 28.6 Å². The maximum atomic E-state index is 12.4. The van der Waals surface area contributed by atoms with E-state index in [0.717, 1.165) is 11.3 Å². The van der Waals surface area contributed by atoms with Crippen LogP contribution in [0, 0.1) is 0 Å². The Morgan fingerprint density at radius 2 is 1.78 bits per heavy atom. The van der Waals surface area contributed by atoms with Gasteiger partial charge in [0.05, 0.1) is 36.4 Å². The topological polar surface area (TPSA) is 49.9 Å². The Morgan fingerprint density at radius 1 is 1.11 bits per heavy atom. The third-order valence-corrected chi connectivity index (χ3v) is 7.47. The molecule has 0 radical (unpaired) electrons. The Morgan fingerprint density at radius 3 is 2.48 bits per heavy atom. The van der Waals surface area contributed by atoms with Gasteiger partial charge in [0, 0.05) is 11.6 Å². The average molecular weight is 423 g/mol. The summed E-state index contributed by atoms with van der Waals surface area (Å²) in [7, 11) is -1.52. The van der Waals surface area contributed by atoms with Gasteiger partial charge in [0.2, 0.25) is 0 Å². The number of halogens is 1. The van der Waals surface area contributed by atoms with Crippen LogP contribution in [-0.2, 0) is 16.4 Å². The lowest BCUT2D eigenvalue weighted by Crippen LogP contribution is -2.37. The van der Waals surface area contributed by atoms with Gasteiger partial charge in [-0.15, -0.1) is 0 Å². The van der Waals surface area contributed by atoms with Gasteiger partial charge < -0.3 is 14.5 Å². The number of benzene rings is 2. The van der Waals surface area contributed by atoms with E-state index in [-0.39, 0.29) is 23.6 Å². The van der Waals surface area contributed by atoms with E-state index in [1.165, 1.54) is 0 Å². The van der Waals surface area contributed by atoms with E-state index in [1.807, 2.05) is 58.3 Å². The lowest BCUT2D eigenvalue weighted by molar-refractivity contribution is 0.350. The van der Waals surface area contributed by atoms with E-state index in [2.05, 4.69) is 0 Å². The molecule has 2 aliphatic rings. The van der Waals surface area contributed by atoms with Gasteiger partial charge in [0.15, 0.2) is 14.9 Å². The van der Waals surface area contributed by atoms with Crippen molar-refractivity contribution in [1.82, 2.24) is 4.90 Å². The molecule has 2 aromatic rings. The Hall–Kier alpha value is -1.83. The van der Waals surface area contributed by atoms with Gasteiger partial charge in [-0.25, -0.2) is 8.42 Å². The second-order valence-electron chi connectivity index (χ2n) is 6.79. The molecule has 0 aromatic heterocycles. The minimum Gasteiger partial charge on any atom is -0.495 e. The Kier molecular flexibility index (Phi) is 4.78. The molecule has 4 rings (SSSR count).